The lowest BCUT2D eigenvalue weighted by molar-refractivity contribution is -0.132. The minimum atomic E-state index is 0.220. The number of benzene rings is 1. The van der Waals surface area contributed by atoms with E-state index < -0.39 is 0 Å². The molecule has 4 heteroatoms. The van der Waals surface area contributed by atoms with E-state index in [1.807, 2.05) is 35.4 Å². The summed E-state index contributed by atoms with van der Waals surface area (Å²) < 4.78 is 0. The topological polar surface area (TPSA) is 39.3 Å². The fourth-order valence-electron chi connectivity index (χ4n) is 2.92. The number of amides is 1. The van der Waals surface area contributed by atoms with Crippen LogP contribution in [0.5, 0.6) is 0 Å². The zero-order valence-corrected chi connectivity index (χ0v) is 12.2. The van der Waals surface area contributed by atoms with Gasteiger partial charge in [-0.1, -0.05) is 24.3 Å². The Balaban J connectivity index is 1.63. The van der Waals surface area contributed by atoms with Crippen molar-refractivity contribution in [3.63, 3.8) is 0 Å². The summed E-state index contributed by atoms with van der Waals surface area (Å²) in [6.07, 6.45) is 4.35. The minimum absolute atomic E-state index is 0.220. The quantitative estimate of drug-likeness (QED) is 0.872. The van der Waals surface area contributed by atoms with Gasteiger partial charge in [0.25, 0.3) is 0 Å². The van der Waals surface area contributed by atoms with Crippen LogP contribution in [-0.2, 0) is 11.2 Å². The van der Waals surface area contributed by atoms with Crippen LogP contribution in [0, 0.1) is 0 Å². The Bertz CT molecular complexity index is 638. The number of H-pyrrole nitrogens is 1. The van der Waals surface area contributed by atoms with E-state index in [0.29, 0.717) is 6.42 Å². The van der Waals surface area contributed by atoms with Gasteiger partial charge < -0.3 is 9.88 Å². The van der Waals surface area contributed by atoms with Crippen molar-refractivity contribution < 1.29 is 4.79 Å². The van der Waals surface area contributed by atoms with Gasteiger partial charge in [0.1, 0.15) is 0 Å². The van der Waals surface area contributed by atoms with E-state index in [4.69, 9.17) is 0 Å². The molecular weight excluding hydrogens is 262 g/mol. The molecule has 2 heterocycles. The predicted molar refractivity (Wildman–Crippen MR) is 85.2 cm³/mol. The SMILES string of the molecule is C=CCN1CCN(C(=O)Cc2c[nH]c3ccccc23)CC1. The molecule has 4 nitrogen and oxygen atoms in total. The van der Waals surface area contributed by atoms with E-state index in [9.17, 15) is 4.79 Å². The van der Waals surface area contributed by atoms with Crippen LogP contribution >= 0.6 is 0 Å². The number of nitrogens with one attached hydrogen (secondary N) is 1. The van der Waals surface area contributed by atoms with Gasteiger partial charge in [-0.15, -0.1) is 6.58 Å². The molecule has 3 rings (SSSR count). The lowest BCUT2D eigenvalue weighted by atomic mass is 10.1. The van der Waals surface area contributed by atoms with Crippen molar-refractivity contribution in [3.05, 3.63) is 48.7 Å². The minimum Gasteiger partial charge on any atom is -0.361 e. The lowest BCUT2D eigenvalue weighted by Crippen LogP contribution is -2.49. The number of fused-ring (bicyclic) bond motifs is 1. The molecule has 0 spiro atoms. The number of nitrogens with zero attached hydrogens (tertiary/aromatic N) is 2. The van der Waals surface area contributed by atoms with Crippen LogP contribution in [0.4, 0.5) is 0 Å². The average Bonchev–Trinajstić information content (AvgIpc) is 2.92. The highest BCUT2D eigenvalue weighted by Gasteiger charge is 2.21. The second-order valence-electron chi connectivity index (χ2n) is 5.51. The molecule has 0 aliphatic carbocycles. The maximum Gasteiger partial charge on any atom is 0.227 e. The molecular formula is C17H21N3O. The Morgan fingerprint density at radius 2 is 2.00 bits per heavy atom. The molecule has 0 radical (unpaired) electrons. The molecule has 1 amide bonds. The number of rotatable bonds is 4. The van der Waals surface area contributed by atoms with Gasteiger partial charge >= 0.3 is 0 Å². The molecule has 2 aromatic rings. The smallest absolute Gasteiger partial charge is 0.227 e. The Hall–Kier alpha value is -2.07. The van der Waals surface area contributed by atoms with Gasteiger partial charge in [0.05, 0.1) is 6.42 Å². The molecule has 1 saturated heterocycles. The number of hydrogen-bond donors (Lipinski definition) is 1. The zero-order valence-electron chi connectivity index (χ0n) is 12.2. The van der Waals surface area contributed by atoms with Crippen LogP contribution in [-0.4, -0.2) is 53.4 Å². The third-order valence-electron chi connectivity index (χ3n) is 4.13. The predicted octanol–water partition coefficient (Wildman–Crippen LogP) is 2.04. The van der Waals surface area contributed by atoms with Crippen molar-refractivity contribution >= 4 is 16.8 Å². The number of aromatic nitrogens is 1. The van der Waals surface area contributed by atoms with E-state index in [1.165, 1.54) is 0 Å². The molecule has 110 valence electrons. The van der Waals surface area contributed by atoms with Crippen molar-refractivity contribution in [2.75, 3.05) is 32.7 Å². The molecule has 1 N–H and O–H groups in total. The zero-order chi connectivity index (χ0) is 14.7. The van der Waals surface area contributed by atoms with Crippen LogP contribution in [0.1, 0.15) is 5.56 Å². The van der Waals surface area contributed by atoms with E-state index in [1.54, 1.807) is 0 Å². The molecule has 0 atom stereocenters. The van der Waals surface area contributed by atoms with E-state index in [2.05, 4.69) is 22.5 Å². The fourth-order valence-corrected chi connectivity index (χ4v) is 2.92. The monoisotopic (exact) mass is 283 g/mol. The first kappa shape index (κ1) is 13.9. The Morgan fingerprint density at radius 3 is 2.76 bits per heavy atom. The Morgan fingerprint density at radius 1 is 1.24 bits per heavy atom. The maximum absolute atomic E-state index is 12.4. The van der Waals surface area contributed by atoms with Crippen LogP contribution in [0.3, 0.4) is 0 Å². The average molecular weight is 283 g/mol. The molecule has 0 saturated carbocycles. The van der Waals surface area contributed by atoms with Gasteiger partial charge in [0, 0.05) is 49.8 Å². The number of carbonyl (C=O) groups excluding carboxylic acids is 1. The first-order valence-corrected chi connectivity index (χ1v) is 7.44. The molecule has 1 aliphatic heterocycles. The standard InChI is InChI=1S/C17H21N3O/c1-2-7-19-8-10-20(11-9-19)17(21)12-14-13-18-16-6-4-3-5-15(14)16/h2-6,13,18H,1,7-12H2. The summed E-state index contributed by atoms with van der Waals surface area (Å²) in [4.78, 5) is 20.0. The summed E-state index contributed by atoms with van der Waals surface area (Å²) in [5, 5.41) is 1.15. The van der Waals surface area contributed by atoms with E-state index in [-0.39, 0.29) is 5.91 Å². The fraction of sp³-hybridized carbons (Fsp3) is 0.353. The molecule has 21 heavy (non-hydrogen) atoms. The van der Waals surface area contributed by atoms with Gasteiger partial charge in [-0.25, -0.2) is 0 Å². The number of carbonyl (C=O) groups is 1. The number of aromatic amines is 1. The van der Waals surface area contributed by atoms with Crippen molar-refractivity contribution in [1.82, 2.24) is 14.8 Å². The van der Waals surface area contributed by atoms with Crippen LogP contribution < -0.4 is 0 Å². The first-order valence-electron chi connectivity index (χ1n) is 7.44. The highest BCUT2D eigenvalue weighted by atomic mass is 16.2. The van der Waals surface area contributed by atoms with Crippen LogP contribution in [0.2, 0.25) is 0 Å². The Labute approximate surface area is 125 Å². The van der Waals surface area contributed by atoms with Crippen LogP contribution in [0.15, 0.2) is 43.1 Å². The summed E-state index contributed by atoms with van der Waals surface area (Å²) in [5.74, 6) is 0.220. The van der Waals surface area contributed by atoms with Gasteiger partial charge in [0.2, 0.25) is 5.91 Å². The number of para-hydroxylation sites is 1. The second kappa shape index (κ2) is 6.14. The van der Waals surface area contributed by atoms with Gasteiger partial charge in [-0.2, -0.15) is 0 Å². The highest BCUT2D eigenvalue weighted by molar-refractivity contribution is 5.88. The van der Waals surface area contributed by atoms with Gasteiger partial charge in [-0.3, -0.25) is 9.69 Å². The van der Waals surface area contributed by atoms with E-state index >= 15 is 0 Å². The number of hydrogen-bond acceptors (Lipinski definition) is 2. The summed E-state index contributed by atoms with van der Waals surface area (Å²) in [6.45, 7) is 8.17. The summed E-state index contributed by atoms with van der Waals surface area (Å²) in [5.41, 5.74) is 2.18. The molecule has 1 fully saturated rings. The third kappa shape index (κ3) is 3.00. The largest absolute Gasteiger partial charge is 0.361 e. The molecule has 0 unspecified atom stereocenters. The Kier molecular flexibility index (Phi) is 4.06. The lowest BCUT2D eigenvalue weighted by Gasteiger charge is -2.34. The van der Waals surface area contributed by atoms with Crippen molar-refractivity contribution in [2.24, 2.45) is 0 Å². The van der Waals surface area contributed by atoms with Crippen molar-refractivity contribution in [1.29, 1.82) is 0 Å². The summed E-state index contributed by atoms with van der Waals surface area (Å²) in [7, 11) is 0. The molecule has 0 bridgehead atoms. The van der Waals surface area contributed by atoms with Crippen LogP contribution in [0.25, 0.3) is 10.9 Å². The maximum atomic E-state index is 12.4. The van der Waals surface area contributed by atoms with E-state index in [0.717, 1.165) is 49.2 Å². The number of piperazine rings is 1. The third-order valence-corrected chi connectivity index (χ3v) is 4.13. The second-order valence-corrected chi connectivity index (χ2v) is 5.51. The molecule has 1 aromatic heterocycles. The highest BCUT2D eigenvalue weighted by Crippen LogP contribution is 2.19. The van der Waals surface area contributed by atoms with Crippen molar-refractivity contribution in [3.8, 4) is 0 Å². The van der Waals surface area contributed by atoms with Crippen molar-refractivity contribution in [2.45, 2.75) is 6.42 Å². The van der Waals surface area contributed by atoms with Gasteiger partial charge in [-0.05, 0) is 11.6 Å². The molecule has 1 aromatic carbocycles. The summed E-state index contributed by atoms with van der Waals surface area (Å²) in [6, 6.07) is 8.12. The van der Waals surface area contributed by atoms with Gasteiger partial charge in [0.15, 0.2) is 0 Å². The molecule has 1 aliphatic rings. The normalized spacial score (nSPS) is 16.3. The first-order chi connectivity index (χ1) is 10.3. The summed E-state index contributed by atoms with van der Waals surface area (Å²) >= 11 is 0.